The van der Waals surface area contributed by atoms with Crippen LogP contribution in [0.3, 0.4) is 0 Å². The molecule has 0 spiro atoms. The van der Waals surface area contributed by atoms with Crippen LogP contribution in [0.15, 0.2) is 431 Å². The van der Waals surface area contributed by atoms with Crippen molar-refractivity contribution >= 4 is 127 Å². The molecule has 0 saturated carbocycles. The van der Waals surface area contributed by atoms with E-state index in [1.54, 1.807) is 0 Å². The van der Waals surface area contributed by atoms with Crippen molar-refractivity contribution in [2.24, 2.45) is 0 Å². The van der Waals surface area contributed by atoms with Crippen LogP contribution in [0.4, 0.5) is 17.1 Å². The second-order valence-electron chi connectivity index (χ2n) is 35.9. The van der Waals surface area contributed by atoms with E-state index in [2.05, 4.69) is 498 Å². The summed E-state index contributed by atoms with van der Waals surface area (Å²) >= 11 is 0. The maximum Gasteiger partial charge on any atom is 0.256 e. The normalized spacial score (nSPS) is 12.7. The minimum atomic E-state index is -3.51. The fourth-order valence-corrected chi connectivity index (χ4v) is 34.0. The summed E-state index contributed by atoms with van der Waals surface area (Å²) in [7, 11) is -10.4. The number of fused-ring (bicyclic) bond motifs is 4. The highest BCUT2D eigenvalue weighted by atomic mass is 28.3. The molecule has 2 aliphatic heterocycles. The molecule has 580 valence electrons. The molecule has 6 heteroatoms. The molecule has 0 fully saturated rings. The highest BCUT2D eigenvalue weighted by molar-refractivity contribution is 7.21. The zero-order valence-electron chi connectivity index (χ0n) is 69.9. The summed E-state index contributed by atoms with van der Waals surface area (Å²) in [6.07, 6.45) is 0. The van der Waals surface area contributed by atoms with Crippen LogP contribution in [-0.2, 0) is 16.2 Å². The van der Waals surface area contributed by atoms with E-state index in [-0.39, 0.29) is 23.0 Å². The number of benzene rings is 17. The standard InChI is InChI=1S/C114H98BNOSi3/c1-112(2,3)88-63-67-106(103(76-88)84-47-26-13-27-48-84)116-107-68-65-98(119(93-54-32-16-33-55-93,94-56-34-17-35-57-94)100-72-86(82-43-22-11-23-44-82)69-89(74-100)113(4,5)6)77-105(107)115-104-66-64-99(120(95-58-36-18-37-59-95,96-60-38-19-39-61-96)101-73-87(83-45-24-12-25-46-83)70-90(75-101)114(7,8)9)79-109(104)117-110-80-102(78-108(116)111(110)115)118(91-50-28-14-29-51-91,92-52-30-15-31-53-92)97-62-40-49-85(71-97)81-41-20-10-21-42-81/h10-80H,1-9H3. The number of anilines is 3. The third-order valence-electron chi connectivity index (χ3n) is 25.6. The minimum absolute atomic E-state index is 0.170. The van der Waals surface area contributed by atoms with Gasteiger partial charge in [-0.1, -0.05) is 457 Å². The molecule has 2 aliphatic rings. The van der Waals surface area contributed by atoms with Gasteiger partial charge in [0.1, 0.15) is 11.5 Å². The van der Waals surface area contributed by atoms with Gasteiger partial charge in [0.2, 0.25) is 0 Å². The predicted octanol–water partition coefficient (Wildman–Crippen LogP) is 18.8. The quantitative estimate of drug-likeness (QED) is 0.0665. The Labute approximate surface area is 713 Å². The van der Waals surface area contributed by atoms with Crippen molar-refractivity contribution in [2.45, 2.75) is 78.6 Å². The van der Waals surface area contributed by atoms with E-state index in [0.29, 0.717) is 0 Å². The van der Waals surface area contributed by atoms with Gasteiger partial charge in [0, 0.05) is 16.9 Å². The van der Waals surface area contributed by atoms with Crippen molar-refractivity contribution < 1.29 is 4.74 Å². The topological polar surface area (TPSA) is 12.5 Å². The van der Waals surface area contributed by atoms with Crippen molar-refractivity contribution in [3.63, 3.8) is 0 Å². The number of rotatable bonds is 17. The molecular formula is C114H98BNOSi3. The second-order valence-corrected chi connectivity index (χ2v) is 47.3. The summed E-state index contributed by atoms with van der Waals surface area (Å²) in [4.78, 5) is 2.68. The lowest BCUT2D eigenvalue weighted by Gasteiger charge is -2.44. The molecule has 0 N–H and O–H groups in total. The molecule has 0 unspecified atom stereocenters. The van der Waals surface area contributed by atoms with E-state index in [0.717, 1.165) is 50.6 Å². The summed E-state index contributed by atoms with van der Waals surface area (Å²) < 4.78 is 8.49. The molecule has 19 rings (SSSR count). The Balaban J connectivity index is 0.980. The molecule has 17 aromatic rings. The number of hydrogen-bond donors (Lipinski definition) is 0. The third-order valence-corrected chi connectivity index (χ3v) is 39.8. The molecule has 0 aliphatic carbocycles. The van der Waals surface area contributed by atoms with Crippen LogP contribution in [0, 0.1) is 0 Å². The lowest BCUT2D eigenvalue weighted by molar-refractivity contribution is 0.488. The number of ether oxygens (including phenoxy) is 1. The zero-order valence-corrected chi connectivity index (χ0v) is 72.9. The van der Waals surface area contributed by atoms with Gasteiger partial charge in [-0.15, -0.1) is 0 Å². The van der Waals surface area contributed by atoms with Gasteiger partial charge in [-0.05, 0) is 187 Å². The van der Waals surface area contributed by atoms with E-state index in [1.807, 2.05) is 0 Å². The summed E-state index contributed by atoms with van der Waals surface area (Å²) in [5.41, 5.74) is 19.5. The molecule has 120 heavy (non-hydrogen) atoms. The van der Waals surface area contributed by atoms with Gasteiger partial charge in [-0.2, -0.15) is 0 Å². The molecule has 0 amide bonds. The first kappa shape index (κ1) is 77.0. The zero-order chi connectivity index (χ0) is 82.0. The summed E-state index contributed by atoms with van der Waals surface area (Å²) in [6, 6.07) is 166. The number of hydrogen-bond acceptors (Lipinski definition) is 2. The van der Waals surface area contributed by atoms with E-state index >= 15 is 0 Å². The van der Waals surface area contributed by atoms with E-state index in [4.69, 9.17) is 4.74 Å². The molecule has 2 heterocycles. The Kier molecular flexibility index (Phi) is 19.9. The lowest BCUT2D eigenvalue weighted by Crippen LogP contribution is -2.76. The fourth-order valence-electron chi connectivity index (χ4n) is 19.6. The molecule has 0 aromatic heterocycles. The van der Waals surface area contributed by atoms with E-state index < -0.39 is 24.2 Å². The van der Waals surface area contributed by atoms with Crippen molar-refractivity contribution in [2.75, 3.05) is 4.90 Å². The predicted molar refractivity (Wildman–Crippen MR) is 521 cm³/mol. The van der Waals surface area contributed by atoms with Crippen LogP contribution < -0.4 is 88.3 Å². The third kappa shape index (κ3) is 13.5. The van der Waals surface area contributed by atoms with Gasteiger partial charge in [0.25, 0.3) is 6.71 Å². The molecule has 0 radical (unpaired) electrons. The first-order chi connectivity index (χ1) is 58.4. The first-order valence-electron chi connectivity index (χ1n) is 42.5. The van der Waals surface area contributed by atoms with Crippen molar-refractivity contribution in [1.82, 2.24) is 0 Å². The van der Waals surface area contributed by atoms with Crippen molar-refractivity contribution in [3.8, 4) is 56.0 Å². The monoisotopic (exact) mass is 1590 g/mol. The average Bonchev–Trinajstić information content (AvgIpc) is 0.689. The summed E-state index contributed by atoms with van der Waals surface area (Å²) in [5.74, 6) is 1.70. The highest BCUT2D eigenvalue weighted by Crippen LogP contribution is 2.46. The van der Waals surface area contributed by atoms with Crippen LogP contribution in [0.1, 0.15) is 79.0 Å². The summed E-state index contributed by atoms with van der Waals surface area (Å²) in [6.45, 7) is 20.9. The maximum absolute atomic E-state index is 8.49. The molecular weight excluding hydrogens is 1490 g/mol. The summed E-state index contributed by atoms with van der Waals surface area (Å²) in [5, 5.41) is 15.5. The van der Waals surface area contributed by atoms with Gasteiger partial charge >= 0.3 is 0 Å². The molecule has 17 aromatic carbocycles. The van der Waals surface area contributed by atoms with Crippen LogP contribution in [-0.4, -0.2) is 30.9 Å². The Hall–Kier alpha value is -12.9. The van der Waals surface area contributed by atoms with E-state index in [1.165, 1.54) is 118 Å². The van der Waals surface area contributed by atoms with Gasteiger partial charge in [-0.25, -0.2) is 0 Å². The Morgan fingerprint density at radius 3 is 0.950 bits per heavy atom. The maximum atomic E-state index is 8.49. The van der Waals surface area contributed by atoms with Crippen LogP contribution >= 0.6 is 0 Å². The largest absolute Gasteiger partial charge is 0.458 e. The van der Waals surface area contributed by atoms with Crippen molar-refractivity contribution in [3.05, 3.63) is 447 Å². The Morgan fingerprint density at radius 2 is 0.533 bits per heavy atom. The van der Waals surface area contributed by atoms with Gasteiger partial charge in [-0.3, -0.25) is 0 Å². The SMILES string of the molecule is CC(C)(C)c1cc(-c2ccccc2)cc([Si](c2ccccc2)(c2ccccc2)c2ccc3c(c2)Oc2cc([Si](c4ccccc4)(c4ccccc4)c4cccc(-c5ccccc5)c4)cc4c2B3c2cc([Si](c3ccccc3)(c3ccccc3)c3cc(-c5ccccc5)cc(C(C)(C)C)c3)ccc2N4c2ccc(C(C)(C)C)cc2-c2ccccc2)c1. The van der Waals surface area contributed by atoms with Crippen LogP contribution in [0.2, 0.25) is 0 Å². The Bertz CT molecular complexity index is 6470. The van der Waals surface area contributed by atoms with Gasteiger partial charge < -0.3 is 9.64 Å². The number of nitrogens with zero attached hydrogens (tertiary/aromatic N) is 1. The average molecular weight is 1590 g/mol. The molecule has 0 saturated heterocycles. The van der Waals surface area contributed by atoms with Crippen LogP contribution in [0.5, 0.6) is 11.5 Å². The van der Waals surface area contributed by atoms with Crippen LogP contribution in [0.25, 0.3) is 44.5 Å². The highest BCUT2D eigenvalue weighted by Gasteiger charge is 2.51. The van der Waals surface area contributed by atoms with Crippen molar-refractivity contribution in [1.29, 1.82) is 0 Å². The molecule has 0 atom stereocenters. The second kappa shape index (κ2) is 31.1. The first-order valence-corrected chi connectivity index (χ1v) is 48.5. The van der Waals surface area contributed by atoms with Gasteiger partial charge in [0.05, 0.1) is 5.69 Å². The lowest BCUT2D eigenvalue weighted by atomic mass is 9.34. The molecule has 2 nitrogen and oxygen atoms in total. The molecule has 0 bridgehead atoms. The smallest absolute Gasteiger partial charge is 0.256 e. The fraction of sp³-hybridized carbons (Fsp3) is 0.105. The Morgan fingerprint density at radius 1 is 0.208 bits per heavy atom. The van der Waals surface area contributed by atoms with E-state index in [9.17, 15) is 0 Å². The minimum Gasteiger partial charge on any atom is -0.458 e. The van der Waals surface area contributed by atoms with Gasteiger partial charge in [0.15, 0.2) is 24.2 Å².